The lowest BCUT2D eigenvalue weighted by Crippen LogP contribution is -2.43. The first-order valence-corrected chi connectivity index (χ1v) is 8.75. The number of piperidine rings is 1. The molecule has 1 aliphatic carbocycles. The Morgan fingerprint density at radius 2 is 1.87 bits per heavy atom. The number of hydrogen-bond donors (Lipinski definition) is 1. The van der Waals surface area contributed by atoms with Crippen molar-refractivity contribution < 1.29 is 8.78 Å². The predicted octanol–water partition coefficient (Wildman–Crippen LogP) is 3.88. The van der Waals surface area contributed by atoms with Crippen LogP contribution in [-0.2, 0) is 6.54 Å². The monoisotopic (exact) mass is 320 g/mol. The largest absolute Gasteiger partial charge is 0.314 e. The summed E-state index contributed by atoms with van der Waals surface area (Å²) < 4.78 is 26.2. The van der Waals surface area contributed by atoms with Crippen molar-refractivity contribution in [1.82, 2.24) is 10.2 Å². The highest BCUT2D eigenvalue weighted by atomic mass is 19.2. The Bertz CT molecular complexity index is 536. The van der Waals surface area contributed by atoms with Crippen LogP contribution in [-0.4, -0.2) is 30.6 Å². The summed E-state index contributed by atoms with van der Waals surface area (Å²) in [7, 11) is 0. The number of likely N-dealkylation sites (tertiary alicyclic amines) is 1. The molecule has 2 nitrogen and oxygen atoms in total. The van der Waals surface area contributed by atoms with Crippen LogP contribution in [0.2, 0.25) is 0 Å². The first kappa shape index (κ1) is 16.6. The Labute approximate surface area is 137 Å². The number of allylic oxidation sites excluding steroid dienone is 2. The van der Waals surface area contributed by atoms with Crippen LogP contribution in [0.4, 0.5) is 8.78 Å². The SMILES string of the molecule is Fc1ccc(CN2CCC(NCC3CC=CCC3)CC2)cc1F. The van der Waals surface area contributed by atoms with E-state index in [2.05, 4.69) is 22.4 Å². The number of nitrogens with zero attached hydrogens (tertiary/aromatic N) is 1. The zero-order valence-corrected chi connectivity index (χ0v) is 13.6. The van der Waals surface area contributed by atoms with Gasteiger partial charge in [-0.1, -0.05) is 18.2 Å². The van der Waals surface area contributed by atoms with E-state index in [-0.39, 0.29) is 0 Å². The smallest absolute Gasteiger partial charge is 0.159 e. The average Bonchev–Trinajstić information content (AvgIpc) is 2.58. The normalized spacial score (nSPS) is 23.3. The van der Waals surface area contributed by atoms with Crippen LogP contribution in [0.1, 0.15) is 37.7 Å². The van der Waals surface area contributed by atoms with Gasteiger partial charge in [0.2, 0.25) is 0 Å². The highest BCUT2D eigenvalue weighted by Crippen LogP contribution is 2.19. The summed E-state index contributed by atoms with van der Waals surface area (Å²) in [6.45, 7) is 3.86. The standard InChI is InChI=1S/C19H26F2N2/c20-18-7-6-16(12-19(18)21)14-23-10-8-17(9-11-23)22-13-15-4-2-1-3-5-15/h1-2,6-7,12,15,17,22H,3-5,8-11,13-14H2. The van der Waals surface area contributed by atoms with Gasteiger partial charge in [0.25, 0.3) is 0 Å². The minimum atomic E-state index is -0.769. The molecule has 1 N–H and O–H groups in total. The van der Waals surface area contributed by atoms with E-state index < -0.39 is 11.6 Å². The molecule has 0 bridgehead atoms. The van der Waals surface area contributed by atoms with E-state index in [1.807, 2.05) is 0 Å². The fourth-order valence-corrected chi connectivity index (χ4v) is 3.57. The van der Waals surface area contributed by atoms with Crippen LogP contribution in [0.25, 0.3) is 0 Å². The van der Waals surface area contributed by atoms with Crippen molar-refractivity contribution in [1.29, 1.82) is 0 Å². The highest BCUT2D eigenvalue weighted by Gasteiger charge is 2.20. The summed E-state index contributed by atoms with van der Waals surface area (Å²) in [5, 5.41) is 3.72. The van der Waals surface area contributed by atoms with Gasteiger partial charge >= 0.3 is 0 Å². The molecule has 2 aliphatic rings. The van der Waals surface area contributed by atoms with E-state index in [1.165, 1.54) is 31.4 Å². The summed E-state index contributed by atoms with van der Waals surface area (Å²) in [6.07, 6.45) is 10.6. The Hall–Kier alpha value is -1.26. The number of benzene rings is 1. The third kappa shape index (κ3) is 4.85. The van der Waals surface area contributed by atoms with Gasteiger partial charge in [0, 0.05) is 12.6 Å². The maximum Gasteiger partial charge on any atom is 0.159 e. The molecule has 4 heteroatoms. The summed E-state index contributed by atoms with van der Waals surface area (Å²) >= 11 is 0. The molecule has 126 valence electrons. The highest BCUT2D eigenvalue weighted by molar-refractivity contribution is 5.17. The summed E-state index contributed by atoms with van der Waals surface area (Å²) in [5.74, 6) is -0.727. The van der Waals surface area contributed by atoms with E-state index >= 15 is 0 Å². The van der Waals surface area contributed by atoms with Crippen molar-refractivity contribution in [3.63, 3.8) is 0 Å². The number of rotatable bonds is 5. The third-order valence-electron chi connectivity index (χ3n) is 5.05. The van der Waals surface area contributed by atoms with E-state index in [1.54, 1.807) is 6.07 Å². The number of nitrogens with one attached hydrogen (secondary N) is 1. The minimum Gasteiger partial charge on any atom is -0.314 e. The topological polar surface area (TPSA) is 15.3 Å². The second kappa shape index (κ2) is 8.02. The molecular weight excluding hydrogens is 294 g/mol. The first-order valence-electron chi connectivity index (χ1n) is 8.75. The van der Waals surface area contributed by atoms with E-state index in [9.17, 15) is 8.78 Å². The molecule has 0 amide bonds. The van der Waals surface area contributed by atoms with Crippen LogP contribution >= 0.6 is 0 Å². The molecule has 1 aromatic rings. The molecular formula is C19H26F2N2. The Morgan fingerprint density at radius 3 is 2.57 bits per heavy atom. The molecule has 1 heterocycles. The maximum atomic E-state index is 13.3. The third-order valence-corrected chi connectivity index (χ3v) is 5.05. The average molecular weight is 320 g/mol. The van der Waals surface area contributed by atoms with Gasteiger partial charge in [-0.3, -0.25) is 4.90 Å². The van der Waals surface area contributed by atoms with Gasteiger partial charge in [0.05, 0.1) is 0 Å². The van der Waals surface area contributed by atoms with Crippen molar-refractivity contribution in [2.75, 3.05) is 19.6 Å². The molecule has 0 aromatic heterocycles. The summed E-state index contributed by atoms with van der Waals surface area (Å²) in [5.41, 5.74) is 0.851. The zero-order chi connectivity index (χ0) is 16.1. The van der Waals surface area contributed by atoms with Crippen molar-refractivity contribution >= 4 is 0 Å². The predicted molar refractivity (Wildman–Crippen MR) is 89.1 cm³/mol. The van der Waals surface area contributed by atoms with Crippen LogP contribution in [0.5, 0.6) is 0 Å². The minimum absolute atomic E-state index is 0.599. The van der Waals surface area contributed by atoms with Crippen LogP contribution in [0.15, 0.2) is 30.4 Å². The molecule has 1 aromatic carbocycles. The van der Waals surface area contributed by atoms with Crippen molar-refractivity contribution in [2.45, 2.75) is 44.7 Å². The zero-order valence-electron chi connectivity index (χ0n) is 13.6. The van der Waals surface area contributed by atoms with Crippen molar-refractivity contribution in [3.8, 4) is 0 Å². The Balaban J connectivity index is 1.39. The van der Waals surface area contributed by atoms with Gasteiger partial charge in [-0.2, -0.15) is 0 Å². The second-order valence-corrected chi connectivity index (χ2v) is 6.86. The van der Waals surface area contributed by atoms with E-state index in [0.717, 1.165) is 44.0 Å². The van der Waals surface area contributed by atoms with Gasteiger partial charge in [0.15, 0.2) is 11.6 Å². The fourth-order valence-electron chi connectivity index (χ4n) is 3.57. The maximum absolute atomic E-state index is 13.3. The molecule has 1 atom stereocenters. The van der Waals surface area contributed by atoms with Gasteiger partial charge < -0.3 is 5.32 Å². The molecule has 0 saturated carbocycles. The summed E-state index contributed by atoms with van der Waals surface area (Å²) in [4.78, 5) is 2.33. The van der Waals surface area contributed by atoms with E-state index in [0.29, 0.717) is 12.6 Å². The Kier molecular flexibility index (Phi) is 5.79. The van der Waals surface area contributed by atoms with Crippen LogP contribution in [0.3, 0.4) is 0 Å². The lowest BCUT2D eigenvalue weighted by Gasteiger charge is -2.33. The summed E-state index contributed by atoms with van der Waals surface area (Å²) in [6, 6.07) is 4.81. The molecule has 1 unspecified atom stereocenters. The molecule has 23 heavy (non-hydrogen) atoms. The van der Waals surface area contributed by atoms with E-state index in [4.69, 9.17) is 0 Å². The van der Waals surface area contributed by atoms with Crippen LogP contribution < -0.4 is 5.32 Å². The number of hydrogen-bond acceptors (Lipinski definition) is 2. The lowest BCUT2D eigenvalue weighted by molar-refractivity contribution is 0.187. The molecule has 1 fully saturated rings. The van der Waals surface area contributed by atoms with Gasteiger partial charge in [-0.05, 0) is 75.4 Å². The molecule has 0 spiro atoms. The second-order valence-electron chi connectivity index (χ2n) is 6.86. The molecule has 1 aliphatic heterocycles. The van der Waals surface area contributed by atoms with Crippen LogP contribution in [0, 0.1) is 17.6 Å². The van der Waals surface area contributed by atoms with Crippen molar-refractivity contribution in [2.24, 2.45) is 5.92 Å². The lowest BCUT2D eigenvalue weighted by atomic mass is 9.93. The first-order chi connectivity index (χ1) is 11.2. The molecule has 0 radical (unpaired) electrons. The quantitative estimate of drug-likeness (QED) is 0.829. The van der Waals surface area contributed by atoms with Crippen molar-refractivity contribution in [3.05, 3.63) is 47.5 Å². The molecule has 3 rings (SSSR count). The Morgan fingerprint density at radius 1 is 1.04 bits per heavy atom. The molecule has 1 saturated heterocycles. The fraction of sp³-hybridized carbons (Fsp3) is 0.579. The van der Waals surface area contributed by atoms with Gasteiger partial charge in [-0.15, -0.1) is 0 Å². The van der Waals surface area contributed by atoms with Gasteiger partial charge in [-0.25, -0.2) is 8.78 Å². The van der Waals surface area contributed by atoms with Gasteiger partial charge in [0.1, 0.15) is 0 Å². The number of halogens is 2.